The van der Waals surface area contributed by atoms with Gasteiger partial charge in [0, 0.05) is 31.8 Å². The highest BCUT2D eigenvalue weighted by molar-refractivity contribution is 5.93. The van der Waals surface area contributed by atoms with Crippen LogP contribution in [0.15, 0.2) is 30.3 Å². The van der Waals surface area contributed by atoms with Crippen LogP contribution in [0.3, 0.4) is 0 Å². The highest BCUT2D eigenvalue weighted by atomic mass is 16.5. The number of nitrogens with one attached hydrogen (secondary N) is 1. The highest BCUT2D eigenvalue weighted by Gasteiger charge is 2.27. The SMILES string of the molecule is O=C(c1cc(-c2ccc(O)cc2)n[nH]1)N1CCCO[C@@H](CN2CCCC2)C1. The van der Waals surface area contributed by atoms with Gasteiger partial charge in [-0.1, -0.05) is 0 Å². The second kappa shape index (κ2) is 8.10. The fourth-order valence-corrected chi connectivity index (χ4v) is 3.82. The molecule has 1 atom stereocenters. The van der Waals surface area contributed by atoms with E-state index in [-0.39, 0.29) is 17.8 Å². The molecule has 7 heteroatoms. The molecule has 2 aliphatic heterocycles. The zero-order chi connectivity index (χ0) is 18.6. The van der Waals surface area contributed by atoms with Crippen LogP contribution in [-0.4, -0.2) is 76.4 Å². The Kier molecular flexibility index (Phi) is 5.40. The van der Waals surface area contributed by atoms with Gasteiger partial charge in [0.25, 0.3) is 5.91 Å². The average molecular weight is 370 g/mol. The molecule has 4 rings (SSSR count). The van der Waals surface area contributed by atoms with Gasteiger partial charge in [-0.15, -0.1) is 0 Å². The van der Waals surface area contributed by atoms with E-state index in [0.717, 1.165) is 31.6 Å². The zero-order valence-electron chi connectivity index (χ0n) is 15.4. The van der Waals surface area contributed by atoms with E-state index in [1.165, 1.54) is 12.8 Å². The second-order valence-electron chi connectivity index (χ2n) is 7.32. The molecule has 2 aliphatic rings. The van der Waals surface area contributed by atoms with Gasteiger partial charge in [-0.3, -0.25) is 9.89 Å². The van der Waals surface area contributed by atoms with Crippen molar-refractivity contribution in [3.05, 3.63) is 36.0 Å². The van der Waals surface area contributed by atoms with Crippen LogP contribution in [0.25, 0.3) is 11.3 Å². The number of H-pyrrole nitrogens is 1. The highest BCUT2D eigenvalue weighted by Crippen LogP contribution is 2.21. The standard InChI is InChI=1S/C20H26N4O3/c25-16-6-4-15(5-7-16)18-12-19(22-21-18)20(26)24-10-3-11-27-17(14-24)13-23-8-1-2-9-23/h4-7,12,17,25H,1-3,8-11,13-14H2,(H,21,22)/t17-/m0/s1. The summed E-state index contributed by atoms with van der Waals surface area (Å²) in [7, 11) is 0. The third-order valence-corrected chi connectivity index (χ3v) is 5.27. The van der Waals surface area contributed by atoms with E-state index in [0.29, 0.717) is 31.1 Å². The van der Waals surface area contributed by atoms with Crippen LogP contribution in [0.4, 0.5) is 0 Å². The number of rotatable bonds is 4. The Morgan fingerprint density at radius 2 is 1.96 bits per heavy atom. The van der Waals surface area contributed by atoms with E-state index in [9.17, 15) is 9.90 Å². The quantitative estimate of drug-likeness (QED) is 0.861. The second-order valence-corrected chi connectivity index (χ2v) is 7.32. The predicted octanol–water partition coefficient (Wildman–Crippen LogP) is 2.11. The van der Waals surface area contributed by atoms with Gasteiger partial charge < -0.3 is 19.6 Å². The number of likely N-dealkylation sites (tertiary alicyclic amines) is 1. The van der Waals surface area contributed by atoms with Gasteiger partial charge in [0.2, 0.25) is 0 Å². The van der Waals surface area contributed by atoms with Crippen LogP contribution in [0.1, 0.15) is 29.8 Å². The van der Waals surface area contributed by atoms with Gasteiger partial charge in [-0.25, -0.2) is 0 Å². The van der Waals surface area contributed by atoms with E-state index in [1.54, 1.807) is 30.3 Å². The van der Waals surface area contributed by atoms with Crippen molar-refractivity contribution in [3.8, 4) is 17.0 Å². The van der Waals surface area contributed by atoms with Gasteiger partial charge in [0.15, 0.2) is 0 Å². The van der Waals surface area contributed by atoms with Gasteiger partial charge in [0.05, 0.1) is 11.8 Å². The maximum atomic E-state index is 13.0. The maximum Gasteiger partial charge on any atom is 0.271 e. The molecule has 1 aromatic heterocycles. The Morgan fingerprint density at radius 3 is 2.74 bits per heavy atom. The number of nitrogens with zero attached hydrogens (tertiary/aromatic N) is 3. The van der Waals surface area contributed by atoms with Gasteiger partial charge in [0.1, 0.15) is 11.4 Å². The Balaban J connectivity index is 1.43. The van der Waals surface area contributed by atoms with Crippen LogP contribution in [-0.2, 0) is 4.74 Å². The summed E-state index contributed by atoms with van der Waals surface area (Å²) in [6, 6.07) is 8.56. The normalized spacial score (nSPS) is 21.3. The van der Waals surface area contributed by atoms with Gasteiger partial charge >= 0.3 is 0 Å². The van der Waals surface area contributed by atoms with E-state index in [2.05, 4.69) is 15.1 Å². The summed E-state index contributed by atoms with van der Waals surface area (Å²) >= 11 is 0. The first-order valence-corrected chi connectivity index (χ1v) is 9.67. The summed E-state index contributed by atoms with van der Waals surface area (Å²) in [5.74, 6) is 0.170. The van der Waals surface area contributed by atoms with E-state index in [1.807, 2.05) is 4.90 Å². The first-order valence-electron chi connectivity index (χ1n) is 9.67. The number of amides is 1. The fraction of sp³-hybridized carbons (Fsp3) is 0.500. The van der Waals surface area contributed by atoms with E-state index in [4.69, 9.17) is 4.74 Å². The Hall–Kier alpha value is -2.38. The van der Waals surface area contributed by atoms with Crippen LogP contribution in [0, 0.1) is 0 Å². The lowest BCUT2D eigenvalue weighted by molar-refractivity contribution is 0.0296. The monoisotopic (exact) mass is 370 g/mol. The summed E-state index contributed by atoms with van der Waals surface area (Å²) in [4.78, 5) is 17.3. The number of aromatic nitrogens is 2. The molecule has 0 saturated carbocycles. The molecule has 2 aromatic rings. The molecule has 3 heterocycles. The Labute approximate surface area is 158 Å². The molecule has 144 valence electrons. The van der Waals surface area contributed by atoms with Crippen molar-refractivity contribution < 1.29 is 14.6 Å². The summed E-state index contributed by atoms with van der Waals surface area (Å²) in [6.07, 6.45) is 3.42. The van der Waals surface area contributed by atoms with Crippen molar-refractivity contribution in [1.82, 2.24) is 20.0 Å². The minimum absolute atomic E-state index is 0.0375. The third-order valence-electron chi connectivity index (χ3n) is 5.27. The van der Waals surface area contributed by atoms with Crippen LogP contribution in [0.2, 0.25) is 0 Å². The molecule has 0 unspecified atom stereocenters. The molecular formula is C20H26N4O3. The summed E-state index contributed by atoms with van der Waals surface area (Å²) in [5, 5.41) is 16.5. The number of carbonyl (C=O) groups is 1. The predicted molar refractivity (Wildman–Crippen MR) is 102 cm³/mol. The van der Waals surface area contributed by atoms with E-state index < -0.39 is 0 Å². The van der Waals surface area contributed by atoms with E-state index >= 15 is 0 Å². The van der Waals surface area contributed by atoms with Crippen LogP contribution < -0.4 is 0 Å². The van der Waals surface area contributed by atoms with Gasteiger partial charge in [-0.2, -0.15) is 5.10 Å². The number of phenols is 1. The summed E-state index contributed by atoms with van der Waals surface area (Å²) < 4.78 is 5.98. The minimum atomic E-state index is -0.0375. The largest absolute Gasteiger partial charge is 0.508 e. The molecule has 2 fully saturated rings. The molecule has 1 amide bonds. The fourth-order valence-electron chi connectivity index (χ4n) is 3.82. The van der Waals surface area contributed by atoms with Crippen LogP contribution >= 0.6 is 0 Å². The third kappa shape index (κ3) is 4.31. The van der Waals surface area contributed by atoms with Crippen molar-refractivity contribution in [2.45, 2.75) is 25.4 Å². The molecule has 0 radical (unpaired) electrons. The van der Waals surface area contributed by atoms with Crippen LogP contribution in [0.5, 0.6) is 5.75 Å². The molecule has 1 aromatic carbocycles. The molecule has 7 nitrogen and oxygen atoms in total. The van der Waals surface area contributed by atoms with Gasteiger partial charge in [-0.05, 0) is 62.7 Å². The minimum Gasteiger partial charge on any atom is -0.508 e. The number of hydrogen-bond acceptors (Lipinski definition) is 5. The number of ether oxygens (including phenoxy) is 1. The number of carbonyl (C=O) groups excluding carboxylic acids is 1. The Bertz CT molecular complexity index is 768. The van der Waals surface area contributed by atoms with Crippen molar-refractivity contribution in [3.63, 3.8) is 0 Å². The van der Waals surface area contributed by atoms with Crippen molar-refractivity contribution in [2.24, 2.45) is 0 Å². The molecule has 2 N–H and O–H groups in total. The zero-order valence-corrected chi connectivity index (χ0v) is 15.4. The lowest BCUT2D eigenvalue weighted by atomic mass is 10.1. The number of aromatic amines is 1. The summed E-state index contributed by atoms with van der Waals surface area (Å²) in [5.41, 5.74) is 2.03. The number of aromatic hydroxyl groups is 1. The van der Waals surface area contributed by atoms with Crippen molar-refractivity contribution in [2.75, 3.05) is 39.3 Å². The first-order chi connectivity index (χ1) is 13.2. The molecule has 2 saturated heterocycles. The number of benzene rings is 1. The molecule has 0 aliphatic carbocycles. The molecule has 0 bridgehead atoms. The molecular weight excluding hydrogens is 344 g/mol. The average Bonchev–Trinajstić information content (AvgIpc) is 3.31. The lowest BCUT2D eigenvalue weighted by Gasteiger charge is -2.26. The van der Waals surface area contributed by atoms with Crippen molar-refractivity contribution in [1.29, 1.82) is 0 Å². The summed E-state index contributed by atoms with van der Waals surface area (Å²) in [6.45, 7) is 5.16. The lowest BCUT2D eigenvalue weighted by Crippen LogP contribution is -2.42. The Morgan fingerprint density at radius 1 is 1.19 bits per heavy atom. The first kappa shape index (κ1) is 18.0. The number of hydrogen-bond donors (Lipinski definition) is 2. The number of phenolic OH excluding ortho intramolecular Hbond substituents is 1. The molecule has 27 heavy (non-hydrogen) atoms. The van der Waals surface area contributed by atoms with Crippen molar-refractivity contribution >= 4 is 5.91 Å². The maximum absolute atomic E-state index is 13.0. The smallest absolute Gasteiger partial charge is 0.271 e. The topological polar surface area (TPSA) is 81.7 Å². The molecule has 0 spiro atoms.